The van der Waals surface area contributed by atoms with E-state index in [0.717, 1.165) is 46.0 Å². The molecule has 0 fully saturated rings. The van der Waals surface area contributed by atoms with Crippen LogP contribution < -0.4 is 0 Å². The first-order valence-electron chi connectivity index (χ1n) is 17.5. The molecule has 2 aliphatic rings. The Morgan fingerprint density at radius 3 is 2.02 bits per heavy atom. The maximum absolute atomic E-state index is 5.09. The number of nitrogens with zero attached hydrogens (tertiary/aromatic N) is 3. The predicted octanol–water partition coefficient (Wildman–Crippen LogP) is 11.6. The van der Waals surface area contributed by atoms with Crippen LogP contribution in [0.15, 0.2) is 157 Å². The average Bonchev–Trinajstić information content (AvgIpc) is 3.62. The number of hydrogen-bond acceptors (Lipinski definition) is 2. The molecule has 238 valence electrons. The Morgan fingerprint density at radius 1 is 0.620 bits per heavy atom. The van der Waals surface area contributed by atoms with Gasteiger partial charge in [0.15, 0.2) is 5.82 Å². The van der Waals surface area contributed by atoms with Crippen molar-refractivity contribution in [3.8, 4) is 39.6 Å². The second kappa shape index (κ2) is 11.0. The van der Waals surface area contributed by atoms with E-state index in [0.29, 0.717) is 5.92 Å². The normalized spacial score (nSPS) is 15.8. The predicted molar refractivity (Wildman–Crippen MR) is 207 cm³/mol. The Morgan fingerprint density at radius 2 is 1.26 bits per heavy atom. The van der Waals surface area contributed by atoms with Crippen LogP contribution in [0.4, 0.5) is 0 Å². The van der Waals surface area contributed by atoms with Gasteiger partial charge in [-0.05, 0) is 64.2 Å². The van der Waals surface area contributed by atoms with Crippen LogP contribution >= 0.6 is 0 Å². The Labute approximate surface area is 292 Å². The van der Waals surface area contributed by atoms with Gasteiger partial charge in [0, 0.05) is 39.1 Å². The molecule has 2 heterocycles. The molecule has 3 heteroatoms. The Balaban J connectivity index is 1.15. The third-order valence-electron chi connectivity index (χ3n) is 11.1. The number of benzene rings is 6. The summed E-state index contributed by atoms with van der Waals surface area (Å²) in [5.74, 6) is 1.12. The van der Waals surface area contributed by atoms with Gasteiger partial charge in [-0.1, -0.05) is 147 Å². The number of fused-ring (bicyclic) bond motifs is 8. The van der Waals surface area contributed by atoms with Crippen molar-refractivity contribution >= 4 is 27.8 Å². The highest BCUT2D eigenvalue weighted by Gasteiger charge is 2.44. The van der Waals surface area contributed by atoms with Crippen LogP contribution in [0.5, 0.6) is 0 Å². The van der Waals surface area contributed by atoms with Crippen molar-refractivity contribution in [2.75, 3.05) is 0 Å². The summed E-state index contributed by atoms with van der Waals surface area (Å²) in [4.78, 5) is 10.1. The Hall–Kier alpha value is -6.06. The minimum absolute atomic E-state index is 0.0217. The highest BCUT2D eigenvalue weighted by atomic mass is 15.0. The molecule has 0 N–H and O–H groups in total. The molecular formula is C47H35N3. The largest absolute Gasteiger partial charge is 0.310 e. The fraction of sp³-hybridized carbons (Fsp3) is 0.106. The molecule has 1 unspecified atom stereocenters. The molecule has 10 rings (SSSR count). The molecule has 2 aromatic heterocycles. The lowest BCUT2D eigenvalue weighted by Gasteiger charge is -2.28. The molecule has 2 aliphatic carbocycles. The van der Waals surface area contributed by atoms with Crippen molar-refractivity contribution in [1.29, 1.82) is 0 Å². The van der Waals surface area contributed by atoms with Crippen LogP contribution in [0.3, 0.4) is 0 Å². The van der Waals surface area contributed by atoms with E-state index < -0.39 is 0 Å². The van der Waals surface area contributed by atoms with Crippen LogP contribution in [0.1, 0.15) is 42.1 Å². The Kier molecular flexibility index (Phi) is 6.35. The van der Waals surface area contributed by atoms with Gasteiger partial charge >= 0.3 is 0 Å². The summed E-state index contributed by atoms with van der Waals surface area (Å²) in [5, 5.41) is 3.97. The van der Waals surface area contributed by atoms with Crippen LogP contribution in [0.2, 0.25) is 0 Å². The molecule has 0 saturated heterocycles. The van der Waals surface area contributed by atoms with E-state index in [1.54, 1.807) is 0 Å². The first-order valence-corrected chi connectivity index (χ1v) is 17.5. The van der Waals surface area contributed by atoms with Gasteiger partial charge in [0.05, 0.1) is 22.6 Å². The van der Waals surface area contributed by atoms with Gasteiger partial charge in [-0.3, -0.25) is 0 Å². The lowest BCUT2D eigenvalue weighted by molar-refractivity contribution is 0.613. The topological polar surface area (TPSA) is 30.7 Å². The molecule has 3 nitrogen and oxygen atoms in total. The molecule has 6 aromatic carbocycles. The van der Waals surface area contributed by atoms with E-state index >= 15 is 0 Å². The lowest BCUT2D eigenvalue weighted by atomic mass is 9.76. The van der Waals surface area contributed by atoms with Crippen LogP contribution in [0, 0.1) is 0 Å². The van der Waals surface area contributed by atoms with E-state index in [-0.39, 0.29) is 5.41 Å². The molecule has 0 bridgehead atoms. The summed E-state index contributed by atoms with van der Waals surface area (Å²) in [7, 11) is 0. The van der Waals surface area contributed by atoms with Gasteiger partial charge < -0.3 is 4.57 Å². The number of allylic oxidation sites excluding steroid dienone is 1. The zero-order valence-corrected chi connectivity index (χ0v) is 28.1. The monoisotopic (exact) mass is 641 g/mol. The zero-order chi connectivity index (χ0) is 33.4. The molecule has 0 aliphatic heterocycles. The first kappa shape index (κ1) is 28.9. The minimum atomic E-state index is -0.0217. The van der Waals surface area contributed by atoms with Crippen molar-refractivity contribution in [1.82, 2.24) is 14.5 Å². The fourth-order valence-corrected chi connectivity index (χ4v) is 8.62. The average molecular weight is 642 g/mol. The summed E-state index contributed by atoms with van der Waals surface area (Å²) in [6.07, 6.45) is 3.53. The van der Waals surface area contributed by atoms with E-state index in [4.69, 9.17) is 9.97 Å². The van der Waals surface area contributed by atoms with Gasteiger partial charge in [-0.25, -0.2) is 9.97 Å². The van der Waals surface area contributed by atoms with Crippen molar-refractivity contribution in [3.63, 3.8) is 0 Å². The number of rotatable bonds is 4. The van der Waals surface area contributed by atoms with E-state index in [9.17, 15) is 0 Å². The molecule has 0 saturated carbocycles. The smallest absolute Gasteiger partial charge is 0.160 e. The second-order valence-electron chi connectivity index (χ2n) is 14.2. The van der Waals surface area contributed by atoms with Gasteiger partial charge in [-0.2, -0.15) is 0 Å². The van der Waals surface area contributed by atoms with Gasteiger partial charge in [0.1, 0.15) is 0 Å². The summed E-state index contributed by atoms with van der Waals surface area (Å²) in [6, 6.07) is 54.2. The summed E-state index contributed by atoms with van der Waals surface area (Å²) >= 11 is 0. The molecule has 50 heavy (non-hydrogen) atoms. The van der Waals surface area contributed by atoms with Crippen molar-refractivity contribution in [3.05, 3.63) is 180 Å². The maximum Gasteiger partial charge on any atom is 0.160 e. The van der Waals surface area contributed by atoms with Crippen LogP contribution in [-0.4, -0.2) is 14.5 Å². The highest BCUT2D eigenvalue weighted by molar-refractivity contribution is 6.11. The van der Waals surface area contributed by atoms with Gasteiger partial charge in [-0.15, -0.1) is 0 Å². The van der Waals surface area contributed by atoms with Crippen molar-refractivity contribution < 1.29 is 0 Å². The van der Waals surface area contributed by atoms with Crippen LogP contribution in [-0.2, 0) is 11.8 Å². The van der Waals surface area contributed by atoms with Crippen molar-refractivity contribution in [2.24, 2.45) is 0 Å². The number of hydrogen-bond donors (Lipinski definition) is 0. The van der Waals surface area contributed by atoms with E-state index in [2.05, 4.69) is 152 Å². The standard InChI is InChI=1S/C47H35N3/c1-47(2)39-20-12-11-19-36(39)37-27-38-44(28-40(37)47)50(43-26-23-30-13-9-10-18-35(30)45(38)43)34-24-21-32(22-25-34)42-29-41(31-14-5-3-6-15-31)48-46(49-42)33-16-7-4-8-17-33/h3-26,28-29,37H,27H2,1-2H3. The maximum atomic E-state index is 5.09. The zero-order valence-electron chi connectivity index (χ0n) is 28.1. The van der Waals surface area contributed by atoms with Crippen molar-refractivity contribution in [2.45, 2.75) is 31.6 Å². The third kappa shape index (κ3) is 4.36. The van der Waals surface area contributed by atoms with Gasteiger partial charge in [0.25, 0.3) is 0 Å². The van der Waals surface area contributed by atoms with Gasteiger partial charge in [0.2, 0.25) is 0 Å². The summed E-state index contributed by atoms with van der Waals surface area (Å²) < 4.78 is 2.49. The summed E-state index contributed by atoms with van der Waals surface area (Å²) in [6.45, 7) is 4.80. The second-order valence-corrected chi connectivity index (χ2v) is 14.2. The van der Waals surface area contributed by atoms with E-state index in [1.165, 1.54) is 49.6 Å². The van der Waals surface area contributed by atoms with Crippen LogP contribution in [0.25, 0.3) is 67.3 Å². The molecule has 8 aromatic rings. The lowest BCUT2D eigenvalue weighted by Crippen LogP contribution is -2.19. The first-order chi connectivity index (χ1) is 24.5. The third-order valence-corrected chi connectivity index (χ3v) is 11.1. The molecule has 0 radical (unpaired) electrons. The molecule has 1 atom stereocenters. The molecule has 0 spiro atoms. The Bertz CT molecular complexity index is 2570. The summed E-state index contributed by atoms with van der Waals surface area (Å²) in [5.41, 5.74) is 14.5. The molecule has 0 amide bonds. The minimum Gasteiger partial charge on any atom is -0.310 e. The van der Waals surface area contributed by atoms with E-state index in [1.807, 2.05) is 24.3 Å². The molecular weight excluding hydrogens is 607 g/mol. The fourth-order valence-electron chi connectivity index (χ4n) is 8.62. The number of aromatic nitrogens is 3. The quantitative estimate of drug-likeness (QED) is 0.191. The SMILES string of the molecule is CC1(C)C2=Cc3c(c4c5ccccc5ccc4n3-c3ccc(-c4cc(-c5ccccc5)nc(-c5ccccc5)n4)cc3)CC2c2ccccc21. The highest BCUT2D eigenvalue weighted by Crippen LogP contribution is 2.55.